The van der Waals surface area contributed by atoms with Crippen molar-refractivity contribution in [2.75, 3.05) is 6.61 Å². The lowest BCUT2D eigenvalue weighted by molar-refractivity contribution is 0.0520. The van der Waals surface area contributed by atoms with E-state index in [1.165, 1.54) is 0 Å². The van der Waals surface area contributed by atoms with Crippen molar-refractivity contribution in [1.82, 2.24) is 9.88 Å². The molecule has 3 heterocycles. The number of esters is 1. The molecule has 146 valence electrons. The van der Waals surface area contributed by atoms with Crippen molar-refractivity contribution in [3.05, 3.63) is 89.7 Å². The number of rotatable bonds is 6. The van der Waals surface area contributed by atoms with Gasteiger partial charge in [0, 0.05) is 22.8 Å². The summed E-state index contributed by atoms with van der Waals surface area (Å²) in [5.74, 6) is 0.373. The Labute approximate surface area is 173 Å². The second kappa shape index (κ2) is 8.75. The summed E-state index contributed by atoms with van der Waals surface area (Å²) < 4.78 is 11.2. The standard InChI is InChI=1S/C23H20N2O3S/c1-2-27-23(26)20-21(28-22(24-20)17-10-6-5-7-11-17)19-13-12-18(29-19)16-25-14-8-3-4-9-15-25/h3-15H,2,16H2,1H3. The van der Waals surface area contributed by atoms with E-state index < -0.39 is 5.97 Å². The van der Waals surface area contributed by atoms with Gasteiger partial charge in [0.25, 0.3) is 0 Å². The molecule has 0 fully saturated rings. The zero-order valence-electron chi connectivity index (χ0n) is 15.9. The van der Waals surface area contributed by atoms with Crippen molar-refractivity contribution in [2.24, 2.45) is 0 Å². The number of ether oxygens (including phenoxy) is 1. The maximum Gasteiger partial charge on any atom is 0.361 e. The number of carbonyl (C=O) groups excluding carboxylic acids is 1. The fourth-order valence-electron chi connectivity index (χ4n) is 2.90. The molecule has 0 unspecified atom stereocenters. The number of carbonyl (C=O) groups is 1. The minimum atomic E-state index is -0.479. The molecule has 1 aliphatic rings. The molecule has 0 saturated heterocycles. The number of thiophene rings is 1. The topological polar surface area (TPSA) is 55.6 Å². The first-order valence-electron chi connectivity index (χ1n) is 9.34. The molecule has 0 aliphatic carbocycles. The van der Waals surface area contributed by atoms with Gasteiger partial charge in [-0.3, -0.25) is 0 Å². The van der Waals surface area contributed by atoms with Crippen LogP contribution in [-0.4, -0.2) is 22.5 Å². The fraction of sp³-hybridized carbons (Fsp3) is 0.130. The van der Waals surface area contributed by atoms with Crippen molar-refractivity contribution in [3.63, 3.8) is 0 Å². The summed E-state index contributed by atoms with van der Waals surface area (Å²) in [5.41, 5.74) is 1.02. The van der Waals surface area contributed by atoms with Crippen LogP contribution in [0.4, 0.5) is 0 Å². The maximum absolute atomic E-state index is 12.5. The average molecular weight is 404 g/mol. The van der Waals surface area contributed by atoms with Gasteiger partial charge >= 0.3 is 5.97 Å². The normalized spacial score (nSPS) is 12.9. The molecule has 1 aliphatic heterocycles. The van der Waals surface area contributed by atoms with Crippen LogP contribution in [0.15, 0.2) is 83.6 Å². The Morgan fingerprint density at radius 2 is 1.83 bits per heavy atom. The van der Waals surface area contributed by atoms with Gasteiger partial charge in [0.1, 0.15) is 0 Å². The van der Waals surface area contributed by atoms with Crippen LogP contribution in [0, 0.1) is 0 Å². The number of nitrogens with zero attached hydrogens (tertiary/aromatic N) is 2. The van der Waals surface area contributed by atoms with Crippen LogP contribution >= 0.6 is 11.3 Å². The monoisotopic (exact) mass is 404 g/mol. The van der Waals surface area contributed by atoms with Crippen molar-refractivity contribution in [1.29, 1.82) is 0 Å². The number of allylic oxidation sites excluding steroid dienone is 4. The smallest absolute Gasteiger partial charge is 0.361 e. The van der Waals surface area contributed by atoms with Gasteiger partial charge in [-0.05, 0) is 43.3 Å². The largest absolute Gasteiger partial charge is 0.461 e. The Morgan fingerprint density at radius 3 is 2.55 bits per heavy atom. The van der Waals surface area contributed by atoms with E-state index in [-0.39, 0.29) is 12.3 Å². The highest BCUT2D eigenvalue weighted by molar-refractivity contribution is 7.15. The van der Waals surface area contributed by atoms with E-state index >= 15 is 0 Å². The predicted octanol–water partition coefficient (Wildman–Crippen LogP) is 5.65. The third-order valence-electron chi connectivity index (χ3n) is 4.23. The molecule has 4 rings (SSSR count). The number of benzene rings is 1. The van der Waals surface area contributed by atoms with Gasteiger partial charge in [0.05, 0.1) is 18.0 Å². The predicted molar refractivity (Wildman–Crippen MR) is 114 cm³/mol. The lowest BCUT2D eigenvalue weighted by Gasteiger charge is -2.12. The van der Waals surface area contributed by atoms with E-state index in [4.69, 9.17) is 9.15 Å². The van der Waals surface area contributed by atoms with E-state index in [2.05, 4.69) is 9.88 Å². The minimum Gasteiger partial charge on any atom is -0.461 e. The number of oxazole rings is 1. The van der Waals surface area contributed by atoms with E-state index in [9.17, 15) is 4.79 Å². The van der Waals surface area contributed by atoms with Gasteiger partial charge in [-0.25, -0.2) is 9.78 Å². The quantitative estimate of drug-likeness (QED) is 0.497. The highest BCUT2D eigenvalue weighted by atomic mass is 32.1. The van der Waals surface area contributed by atoms with Crippen molar-refractivity contribution >= 4 is 17.3 Å². The SMILES string of the molecule is CCOC(=O)c1nc(-c2ccccc2)oc1-c1ccc(CN2C=CC=CC=C2)s1. The molecule has 0 bridgehead atoms. The Hall–Kier alpha value is -3.38. The molecule has 0 N–H and O–H groups in total. The summed E-state index contributed by atoms with van der Waals surface area (Å²) in [5, 5.41) is 0. The van der Waals surface area contributed by atoms with Gasteiger partial charge in [-0.2, -0.15) is 0 Å². The molecule has 5 nitrogen and oxygen atoms in total. The van der Waals surface area contributed by atoms with Crippen molar-refractivity contribution in [3.8, 4) is 22.1 Å². The average Bonchev–Trinajstić information content (AvgIpc) is 3.30. The molecule has 0 amide bonds. The van der Waals surface area contributed by atoms with Crippen LogP contribution in [0.2, 0.25) is 0 Å². The van der Waals surface area contributed by atoms with Crippen LogP contribution in [-0.2, 0) is 11.3 Å². The van der Waals surface area contributed by atoms with E-state index in [0.29, 0.717) is 11.7 Å². The lowest BCUT2D eigenvalue weighted by atomic mass is 10.2. The molecule has 0 saturated carbocycles. The number of hydrogen-bond donors (Lipinski definition) is 0. The van der Waals surface area contributed by atoms with Crippen molar-refractivity contribution in [2.45, 2.75) is 13.5 Å². The lowest BCUT2D eigenvalue weighted by Crippen LogP contribution is -2.07. The van der Waals surface area contributed by atoms with Crippen LogP contribution in [0.1, 0.15) is 22.3 Å². The molecule has 1 aromatic carbocycles. The van der Waals surface area contributed by atoms with Gasteiger partial charge in [-0.1, -0.05) is 30.4 Å². The minimum absolute atomic E-state index is 0.206. The third-order valence-corrected chi connectivity index (χ3v) is 5.30. The molecule has 29 heavy (non-hydrogen) atoms. The molecule has 0 radical (unpaired) electrons. The third kappa shape index (κ3) is 4.38. The van der Waals surface area contributed by atoms with Gasteiger partial charge < -0.3 is 14.1 Å². The number of hydrogen-bond acceptors (Lipinski definition) is 6. The van der Waals surface area contributed by atoms with Crippen LogP contribution in [0.3, 0.4) is 0 Å². The summed E-state index contributed by atoms with van der Waals surface area (Å²) in [6.07, 6.45) is 12.0. The first-order chi connectivity index (χ1) is 14.2. The van der Waals surface area contributed by atoms with Gasteiger partial charge in [0.2, 0.25) is 5.89 Å². The Bertz CT molecular complexity index is 1060. The summed E-state index contributed by atoms with van der Waals surface area (Å²) in [7, 11) is 0. The summed E-state index contributed by atoms with van der Waals surface area (Å²) in [4.78, 5) is 21.0. The van der Waals surface area contributed by atoms with Crippen molar-refractivity contribution < 1.29 is 13.9 Å². The molecule has 6 heteroatoms. The molecule has 2 aromatic heterocycles. The van der Waals surface area contributed by atoms with Crippen LogP contribution < -0.4 is 0 Å². The van der Waals surface area contributed by atoms with E-state index in [1.807, 2.05) is 79.2 Å². The first kappa shape index (κ1) is 19.0. The van der Waals surface area contributed by atoms with E-state index in [0.717, 1.165) is 21.9 Å². The Morgan fingerprint density at radius 1 is 1.07 bits per heavy atom. The first-order valence-corrected chi connectivity index (χ1v) is 10.2. The summed E-state index contributed by atoms with van der Waals surface area (Å²) in [6.45, 7) is 2.78. The molecule has 0 spiro atoms. The van der Waals surface area contributed by atoms with E-state index in [1.54, 1.807) is 18.3 Å². The Kier molecular flexibility index (Phi) is 5.72. The molecular weight excluding hydrogens is 384 g/mol. The highest BCUT2D eigenvalue weighted by Crippen LogP contribution is 2.35. The van der Waals surface area contributed by atoms with Gasteiger partial charge in [-0.15, -0.1) is 11.3 Å². The zero-order valence-corrected chi connectivity index (χ0v) is 16.8. The molecule has 0 atom stereocenters. The molecular formula is C23H20N2O3S. The second-order valence-corrected chi connectivity index (χ2v) is 7.46. The second-order valence-electron chi connectivity index (χ2n) is 6.29. The zero-order chi connectivity index (χ0) is 20.1. The van der Waals surface area contributed by atoms with Crippen LogP contribution in [0.5, 0.6) is 0 Å². The van der Waals surface area contributed by atoms with Gasteiger partial charge in [0.15, 0.2) is 11.5 Å². The summed E-state index contributed by atoms with van der Waals surface area (Å²) in [6, 6.07) is 13.5. The Balaban J connectivity index is 1.65. The fourth-order valence-corrected chi connectivity index (χ4v) is 3.90. The maximum atomic E-state index is 12.5. The molecule has 3 aromatic rings. The number of aromatic nitrogens is 1. The van der Waals surface area contributed by atoms with Crippen LogP contribution in [0.25, 0.3) is 22.1 Å². The summed E-state index contributed by atoms with van der Waals surface area (Å²) >= 11 is 1.57. The highest BCUT2D eigenvalue weighted by Gasteiger charge is 2.24.